The average molecular weight is 573 g/mol. The van der Waals surface area contributed by atoms with Crippen molar-refractivity contribution in [2.24, 2.45) is 4.99 Å². The summed E-state index contributed by atoms with van der Waals surface area (Å²) < 4.78 is 13.8. The lowest BCUT2D eigenvalue weighted by Crippen LogP contribution is -2.36. The highest BCUT2D eigenvalue weighted by atomic mass is 127. The highest BCUT2D eigenvalue weighted by Gasteiger charge is 2.11. The van der Waals surface area contributed by atoms with Crippen LogP contribution in [0.25, 0.3) is 5.65 Å². The van der Waals surface area contributed by atoms with Gasteiger partial charge in [0.2, 0.25) is 5.88 Å². The van der Waals surface area contributed by atoms with Gasteiger partial charge < -0.3 is 20.1 Å². The molecule has 0 saturated heterocycles. The number of hydrogen-bond donors (Lipinski definition) is 2. The monoisotopic (exact) mass is 573 g/mol. The predicted molar refractivity (Wildman–Crippen MR) is 142 cm³/mol. The zero-order chi connectivity index (χ0) is 22.9. The summed E-state index contributed by atoms with van der Waals surface area (Å²) in [5.74, 6) is 3.26. The first-order chi connectivity index (χ1) is 16.3. The Balaban J connectivity index is 0.00000324. The van der Waals surface area contributed by atoms with E-state index >= 15 is 0 Å². The van der Waals surface area contributed by atoms with Gasteiger partial charge in [-0.2, -0.15) is 0 Å². The summed E-state index contributed by atoms with van der Waals surface area (Å²) in [7, 11) is 1.72. The van der Waals surface area contributed by atoms with Gasteiger partial charge in [-0.3, -0.25) is 9.39 Å². The molecule has 0 aliphatic heterocycles. The Morgan fingerprint density at radius 3 is 2.59 bits per heavy atom. The first-order valence-corrected chi connectivity index (χ1v) is 10.8. The fraction of sp³-hybridized carbons (Fsp3) is 0.250. The van der Waals surface area contributed by atoms with Crippen LogP contribution in [0.5, 0.6) is 17.4 Å². The molecule has 0 aliphatic carbocycles. The topological polar surface area (TPSA) is 98.0 Å². The van der Waals surface area contributed by atoms with Crippen LogP contribution in [0.3, 0.4) is 0 Å². The van der Waals surface area contributed by atoms with Gasteiger partial charge in [-0.25, -0.2) is 4.98 Å². The third-order valence-corrected chi connectivity index (χ3v) is 4.84. The van der Waals surface area contributed by atoms with Crippen molar-refractivity contribution in [3.8, 4) is 17.4 Å². The molecule has 0 bridgehead atoms. The molecule has 34 heavy (non-hydrogen) atoms. The fourth-order valence-electron chi connectivity index (χ4n) is 3.19. The maximum Gasteiger partial charge on any atom is 0.224 e. The zero-order valence-electron chi connectivity index (χ0n) is 19.1. The van der Waals surface area contributed by atoms with Gasteiger partial charge in [-0.05, 0) is 36.8 Å². The minimum absolute atomic E-state index is 0. The largest absolute Gasteiger partial charge is 0.490 e. The third-order valence-electron chi connectivity index (χ3n) is 4.84. The SMILES string of the molecule is CCCOc1ccccc1Oc1ncccc1CNC(=NC)NCc1nnc2ccccn12.I. The van der Waals surface area contributed by atoms with Crippen molar-refractivity contribution in [2.75, 3.05) is 13.7 Å². The molecule has 0 fully saturated rings. The Labute approximate surface area is 215 Å². The summed E-state index contributed by atoms with van der Waals surface area (Å²) in [6.07, 6.45) is 4.56. The van der Waals surface area contributed by atoms with Crippen LogP contribution in [0.15, 0.2) is 72.0 Å². The van der Waals surface area contributed by atoms with Crippen LogP contribution in [0, 0.1) is 0 Å². The highest BCUT2D eigenvalue weighted by molar-refractivity contribution is 14.0. The van der Waals surface area contributed by atoms with Gasteiger partial charge in [-0.1, -0.05) is 31.2 Å². The van der Waals surface area contributed by atoms with Gasteiger partial charge in [0, 0.05) is 31.5 Å². The van der Waals surface area contributed by atoms with E-state index in [0.717, 1.165) is 23.5 Å². The molecule has 3 heterocycles. The van der Waals surface area contributed by atoms with Crippen LogP contribution in [0.2, 0.25) is 0 Å². The van der Waals surface area contributed by atoms with E-state index in [2.05, 4.69) is 37.7 Å². The first kappa shape index (κ1) is 25.2. The van der Waals surface area contributed by atoms with Crippen molar-refractivity contribution < 1.29 is 9.47 Å². The molecule has 0 saturated carbocycles. The molecule has 0 aliphatic rings. The molecule has 0 spiro atoms. The number of guanidine groups is 1. The molecule has 4 rings (SSSR count). The van der Waals surface area contributed by atoms with E-state index in [1.165, 1.54) is 0 Å². The number of hydrogen-bond acceptors (Lipinski definition) is 6. The number of halogens is 1. The van der Waals surface area contributed by atoms with E-state index in [1.807, 2.05) is 65.2 Å². The number of para-hydroxylation sites is 2. The smallest absolute Gasteiger partial charge is 0.224 e. The summed E-state index contributed by atoms with van der Waals surface area (Å²) in [5, 5.41) is 15.0. The number of rotatable bonds is 9. The van der Waals surface area contributed by atoms with Gasteiger partial charge in [0.05, 0.1) is 13.2 Å². The number of aromatic nitrogens is 4. The van der Waals surface area contributed by atoms with Crippen molar-refractivity contribution in [1.82, 2.24) is 30.2 Å². The van der Waals surface area contributed by atoms with Crippen LogP contribution in [0.4, 0.5) is 0 Å². The molecular formula is C24H28IN7O2. The number of ether oxygens (including phenoxy) is 2. The van der Waals surface area contributed by atoms with E-state index < -0.39 is 0 Å². The molecule has 2 N–H and O–H groups in total. The van der Waals surface area contributed by atoms with Gasteiger partial charge in [0.25, 0.3) is 0 Å². The summed E-state index contributed by atoms with van der Waals surface area (Å²) in [6, 6.07) is 17.2. The van der Waals surface area contributed by atoms with Crippen LogP contribution in [0.1, 0.15) is 24.7 Å². The maximum atomic E-state index is 6.11. The lowest BCUT2D eigenvalue weighted by Gasteiger charge is -2.15. The normalized spacial score (nSPS) is 11.1. The molecule has 178 valence electrons. The van der Waals surface area contributed by atoms with E-state index in [-0.39, 0.29) is 24.0 Å². The second-order valence-corrected chi connectivity index (χ2v) is 7.19. The standard InChI is InChI=1S/C24H27N7O2.HI/c1-3-15-32-19-10-4-5-11-20(19)33-23-18(9-8-13-26-23)16-27-24(25-2)28-17-22-30-29-21-12-6-7-14-31(21)22;/h4-14H,3,15-17H2,1-2H3,(H2,25,27,28);1H. The fourth-order valence-corrected chi connectivity index (χ4v) is 3.19. The lowest BCUT2D eigenvalue weighted by atomic mass is 10.2. The van der Waals surface area contributed by atoms with Gasteiger partial charge in [-0.15, -0.1) is 34.2 Å². The van der Waals surface area contributed by atoms with Crippen molar-refractivity contribution in [2.45, 2.75) is 26.4 Å². The van der Waals surface area contributed by atoms with E-state index in [0.29, 0.717) is 43.0 Å². The number of fused-ring (bicyclic) bond motifs is 1. The van der Waals surface area contributed by atoms with Crippen LogP contribution in [-0.2, 0) is 13.1 Å². The molecule has 1 aromatic carbocycles. The number of aliphatic imine (C=N–C) groups is 1. The summed E-state index contributed by atoms with van der Waals surface area (Å²) in [6.45, 7) is 3.64. The zero-order valence-corrected chi connectivity index (χ0v) is 21.5. The van der Waals surface area contributed by atoms with Crippen molar-refractivity contribution in [1.29, 1.82) is 0 Å². The van der Waals surface area contributed by atoms with Crippen LogP contribution >= 0.6 is 24.0 Å². The van der Waals surface area contributed by atoms with Gasteiger partial charge >= 0.3 is 0 Å². The minimum Gasteiger partial charge on any atom is -0.490 e. The molecule has 3 aromatic heterocycles. The Morgan fingerprint density at radius 1 is 0.971 bits per heavy atom. The van der Waals surface area contributed by atoms with Gasteiger partial charge in [0.1, 0.15) is 0 Å². The average Bonchev–Trinajstić information content (AvgIpc) is 3.27. The number of pyridine rings is 2. The molecule has 0 unspecified atom stereocenters. The van der Waals surface area contributed by atoms with Gasteiger partial charge in [0.15, 0.2) is 28.9 Å². The molecule has 9 nitrogen and oxygen atoms in total. The highest BCUT2D eigenvalue weighted by Crippen LogP contribution is 2.31. The molecule has 10 heteroatoms. The van der Waals surface area contributed by atoms with E-state index in [4.69, 9.17) is 9.47 Å². The molecular weight excluding hydrogens is 545 g/mol. The Morgan fingerprint density at radius 2 is 1.76 bits per heavy atom. The van der Waals surface area contributed by atoms with E-state index in [9.17, 15) is 0 Å². The summed E-state index contributed by atoms with van der Waals surface area (Å²) in [4.78, 5) is 8.72. The molecule has 4 aromatic rings. The predicted octanol–water partition coefficient (Wildman–Crippen LogP) is 4.19. The first-order valence-electron chi connectivity index (χ1n) is 10.8. The quantitative estimate of drug-likeness (QED) is 0.176. The van der Waals surface area contributed by atoms with E-state index in [1.54, 1.807) is 13.2 Å². The van der Waals surface area contributed by atoms with Crippen LogP contribution < -0.4 is 20.1 Å². The number of benzene rings is 1. The Bertz CT molecular complexity index is 1230. The summed E-state index contributed by atoms with van der Waals surface area (Å²) >= 11 is 0. The second-order valence-electron chi connectivity index (χ2n) is 7.19. The Hall–Kier alpha value is -3.41. The maximum absolute atomic E-state index is 6.11. The second kappa shape index (κ2) is 12.7. The third kappa shape index (κ3) is 6.34. The number of nitrogens with one attached hydrogen (secondary N) is 2. The van der Waals surface area contributed by atoms with Crippen LogP contribution in [-0.4, -0.2) is 39.2 Å². The number of nitrogens with zero attached hydrogens (tertiary/aromatic N) is 5. The minimum atomic E-state index is 0. The van der Waals surface area contributed by atoms with Crippen molar-refractivity contribution >= 4 is 35.6 Å². The molecule has 0 radical (unpaired) electrons. The lowest BCUT2D eigenvalue weighted by molar-refractivity contribution is 0.300. The van der Waals surface area contributed by atoms with Crippen molar-refractivity contribution in [3.63, 3.8) is 0 Å². The summed E-state index contributed by atoms with van der Waals surface area (Å²) in [5.41, 5.74) is 1.69. The molecule has 0 amide bonds. The Kier molecular flexibility index (Phi) is 9.44. The van der Waals surface area contributed by atoms with Crippen molar-refractivity contribution in [3.05, 3.63) is 78.4 Å². The molecule has 0 atom stereocenters.